The number of hydrogen-bond acceptors (Lipinski definition) is 6. The van der Waals surface area contributed by atoms with Gasteiger partial charge in [-0.2, -0.15) is 0 Å². The zero-order chi connectivity index (χ0) is 18.5. The number of nitrogens with zero attached hydrogens (tertiary/aromatic N) is 4. The molecule has 1 N–H and O–H groups in total. The monoisotopic (exact) mass is 367 g/mol. The fourth-order valence-corrected chi connectivity index (χ4v) is 3.54. The second-order valence-electron chi connectivity index (χ2n) is 6.91. The average molecular weight is 367 g/mol. The maximum Gasteiger partial charge on any atom is 0.271 e. The molecule has 1 aromatic heterocycles. The molecular weight excluding hydrogens is 342 g/mol. The molecule has 7 heteroatoms. The lowest BCUT2D eigenvalue weighted by Gasteiger charge is -2.36. The lowest BCUT2D eigenvalue weighted by atomic mass is 10.2. The SMILES string of the molecule is O=C(NCC1CCCO1)c1cnc(N2CCN(c3ccccc3)CC2)cn1. The second kappa shape index (κ2) is 8.35. The summed E-state index contributed by atoms with van der Waals surface area (Å²) in [5, 5.41) is 2.88. The normalized spacial score (nSPS) is 19.9. The maximum absolute atomic E-state index is 12.2. The molecule has 2 fully saturated rings. The Morgan fingerprint density at radius 3 is 2.52 bits per heavy atom. The molecule has 1 aromatic carbocycles. The molecular formula is C20H25N5O2. The van der Waals surface area contributed by atoms with E-state index < -0.39 is 0 Å². The Morgan fingerprint density at radius 1 is 1.07 bits per heavy atom. The van der Waals surface area contributed by atoms with Crippen LogP contribution in [0.15, 0.2) is 42.7 Å². The van der Waals surface area contributed by atoms with Crippen LogP contribution < -0.4 is 15.1 Å². The van der Waals surface area contributed by atoms with Gasteiger partial charge in [0.25, 0.3) is 5.91 Å². The van der Waals surface area contributed by atoms with Gasteiger partial charge in [0.2, 0.25) is 0 Å². The van der Waals surface area contributed by atoms with Crippen LogP contribution in [-0.2, 0) is 4.74 Å². The highest BCUT2D eigenvalue weighted by molar-refractivity contribution is 5.92. The Morgan fingerprint density at radius 2 is 1.85 bits per heavy atom. The maximum atomic E-state index is 12.2. The molecule has 1 unspecified atom stereocenters. The Hall–Kier alpha value is -2.67. The van der Waals surface area contributed by atoms with Crippen molar-refractivity contribution in [2.45, 2.75) is 18.9 Å². The number of anilines is 2. The first-order chi connectivity index (χ1) is 13.3. The van der Waals surface area contributed by atoms with E-state index in [1.807, 2.05) is 6.07 Å². The Balaban J connectivity index is 1.29. The number of ether oxygens (including phenoxy) is 1. The summed E-state index contributed by atoms with van der Waals surface area (Å²) in [4.78, 5) is 25.5. The molecule has 0 saturated carbocycles. The molecule has 142 valence electrons. The van der Waals surface area contributed by atoms with Gasteiger partial charge in [-0.1, -0.05) is 18.2 Å². The van der Waals surface area contributed by atoms with Crippen molar-refractivity contribution in [2.24, 2.45) is 0 Å². The molecule has 0 radical (unpaired) electrons. The van der Waals surface area contributed by atoms with Crippen LogP contribution in [0, 0.1) is 0 Å². The van der Waals surface area contributed by atoms with Crippen molar-refractivity contribution in [3.8, 4) is 0 Å². The lowest BCUT2D eigenvalue weighted by Crippen LogP contribution is -2.46. The van der Waals surface area contributed by atoms with Crippen LogP contribution >= 0.6 is 0 Å². The zero-order valence-corrected chi connectivity index (χ0v) is 15.4. The largest absolute Gasteiger partial charge is 0.376 e. The van der Waals surface area contributed by atoms with Crippen LogP contribution in [0.1, 0.15) is 23.3 Å². The van der Waals surface area contributed by atoms with Crippen molar-refractivity contribution in [3.05, 3.63) is 48.4 Å². The van der Waals surface area contributed by atoms with E-state index in [9.17, 15) is 4.79 Å². The number of carbonyl (C=O) groups is 1. The third-order valence-electron chi connectivity index (χ3n) is 5.11. The first kappa shape index (κ1) is 17.7. The van der Waals surface area contributed by atoms with Crippen molar-refractivity contribution in [1.29, 1.82) is 0 Å². The van der Waals surface area contributed by atoms with Gasteiger partial charge in [-0.3, -0.25) is 4.79 Å². The van der Waals surface area contributed by atoms with Crippen LogP contribution in [0.3, 0.4) is 0 Å². The molecule has 0 spiro atoms. The standard InChI is InChI=1S/C20H25N5O2/c26-20(23-13-17-7-4-12-27-17)18-14-22-19(15-21-18)25-10-8-24(9-11-25)16-5-2-1-3-6-16/h1-3,5-6,14-15,17H,4,7-13H2,(H,23,26). The van der Waals surface area contributed by atoms with Crippen molar-refractivity contribution in [3.63, 3.8) is 0 Å². The predicted octanol–water partition coefficient (Wildman–Crippen LogP) is 1.71. The minimum Gasteiger partial charge on any atom is -0.376 e. The van der Waals surface area contributed by atoms with Gasteiger partial charge in [-0.25, -0.2) is 9.97 Å². The third-order valence-corrected chi connectivity index (χ3v) is 5.11. The van der Waals surface area contributed by atoms with Gasteiger partial charge in [0.1, 0.15) is 11.5 Å². The van der Waals surface area contributed by atoms with Crippen LogP contribution in [0.25, 0.3) is 0 Å². The van der Waals surface area contributed by atoms with Gasteiger partial charge in [-0.05, 0) is 25.0 Å². The highest BCUT2D eigenvalue weighted by Crippen LogP contribution is 2.18. The number of amides is 1. The van der Waals surface area contributed by atoms with E-state index in [0.29, 0.717) is 12.2 Å². The van der Waals surface area contributed by atoms with E-state index in [1.54, 1.807) is 12.4 Å². The van der Waals surface area contributed by atoms with Crippen LogP contribution in [0.4, 0.5) is 11.5 Å². The van der Waals surface area contributed by atoms with Crippen molar-refractivity contribution < 1.29 is 9.53 Å². The fraction of sp³-hybridized carbons (Fsp3) is 0.450. The molecule has 1 amide bonds. The van der Waals surface area contributed by atoms with Crippen LogP contribution in [0.2, 0.25) is 0 Å². The highest BCUT2D eigenvalue weighted by Gasteiger charge is 2.20. The number of piperazine rings is 1. The molecule has 0 aliphatic carbocycles. The van der Waals surface area contributed by atoms with Gasteiger partial charge in [0, 0.05) is 45.0 Å². The Kier molecular flexibility index (Phi) is 5.48. The summed E-state index contributed by atoms with van der Waals surface area (Å²) in [5.74, 6) is 0.622. The fourth-order valence-electron chi connectivity index (χ4n) is 3.54. The number of aromatic nitrogens is 2. The second-order valence-corrected chi connectivity index (χ2v) is 6.91. The van der Waals surface area contributed by atoms with Gasteiger partial charge in [0.05, 0.1) is 18.5 Å². The lowest BCUT2D eigenvalue weighted by molar-refractivity contribution is 0.0853. The molecule has 27 heavy (non-hydrogen) atoms. The minimum absolute atomic E-state index is 0.127. The molecule has 2 aromatic rings. The molecule has 3 heterocycles. The first-order valence-electron chi connectivity index (χ1n) is 9.56. The van der Waals surface area contributed by atoms with E-state index in [0.717, 1.165) is 51.4 Å². The topological polar surface area (TPSA) is 70.6 Å². The smallest absolute Gasteiger partial charge is 0.271 e. The molecule has 2 saturated heterocycles. The molecule has 1 atom stereocenters. The number of hydrogen-bond donors (Lipinski definition) is 1. The average Bonchev–Trinajstić information content (AvgIpc) is 3.27. The summed E-state index contributed by atoms with van der Waals surface area (Å²) in [6.45, 7) is 4.96. The van der Waals surface area contributed by atoms with Crippen LogP contribution in [0.5, 0.6) is 0 Å². The summed E-state index contributed by atoms with van der Waals surface area (Å²) >= 11 is 0. The van der Waals surface area contributed by atoms with Gasteiger partial charge >= 0.3 is 0 Å². The van der Waals surface area contributed by atoms with E-state index in [2.05, 4.69) is 49.4 Å². The van der Waals surface area contributed by atoms with Gasteiger partial charge in [-0.15, -0.1) is 0 Å². The molecule has 2 aliphatic heterocycles. The number of rotatable bonds is 5. The van der Waals surface area contributed by atoms with E-state index >= 15 is 0 Å². The summed E-state index contributed by atoms with van der Waals surface area (Å²) in [5.41, 5.74) is 1.60. The van der Waals surface area contributed by atoms with E-state index in [-0.39, 0.29) is 12.0 Å². The van der Waals surface area contributed by atoms with Crippen molar-refractivity contribution in [2.75, 3.05) is 49.1 Å². The summed E-state index contributed by atoms with van der Waals surface area (Å²) in [6.07, 6.45) is 5.44. The van der Waals surface area contributed by atoms with Gasteiger partial charge < -0.3 is 19.9 Å². The molecule has 2 aliphatic rings. The highest BCUT2D eigenvalue weighted by atomic mass is 16.5. The predicted molar refractivity (Wildman–Crippen MR) is 104 cm³/mol. The van der Waals surface area contributed by atoms with Crippen LogP contribution in [-0.4, -0.2) is 61.3 Å². The molecule has 0 bridgehead atoms. The number of benzene rings is 1. The summed E-state index contributed by atoms with van der Waals surface area (Å²) < 4.78 is 5.52. The summed E-state index contributed by atoms with van der Waals surface area (Å²) in [6, 6.07) is 10.4. The Bertz CT molecular complexity index is 739. The van der Waals surface area contributed by atoms with Gasteiger partial charge in [0.15, 0.2) is 0 Å². The van der Waals surface area contributed by atoms with E-state index in [1.165, 1.54) is 5.69 Å². The minimum atomic E-state index is -0.196. The quantitative estimate of drug-likeness (QED) is 0.868. The molecule has 7 nitrogen and oxygen atoms in total. The number of carbonyl (C=O) groups excluding carboxylic acids is 1. The Labute approximate surface area is 159 Å². The zero-order valence-electron chi connectivity index (χ0n) is 15.4. The van der Waals surface area contributed by atoms with Crippen molar-refractivity contribution in [1.82, 2.24) is 15.3 Å². The summed E-state index contributed by atoms with van der Waals surface area (Å²) in [7, 11) is 0. The van der Waals surface area contributed by atoms with E-state index in [4.69, 9.17) is 4.74 Å². The number of para-hydroxylation sites is 1. The van der Waals surface area contributed by atoms with Crippen molar-refractivity contribution >= 4 is 17.4 Å². The number of nitrogens with one attached hydrogen (secondary N) is 1. The first-order valence-corrected chi connectivity index (χ1v) is 9.56. The molecule has 4 rings (SSSR count). The third kappa shape index (κ3) is 4.36.